The van der Waals surface area contributed by atoms with Crippen LogP contribution in [0.5, 0.6) is 0 Å². The van der Waals surface area contributed by atoms with Gasteiger partial charge >= 0.3 is 0 Å². The minimum atomic E-state index is 0.342. The van der Waals surface area contributed by atoms with Gasteiger partial charge in [-0.1, -0.05) is 0 Å². The lowest BCUT2D eigenvalue weighted by molar-refractivity contribution is -0.110. The van der Waals surface area contributed by atoms with Gasteiger partial charge in [0.1, 0.15) is 0 Å². The van der Waals surface area contributed by atoms with Gasteiger partial charge in [0.15, 0.2) is 0 Å². The van der Waals surface area contributed by atoms with Crippen molar-refractivity contribution in [3.63, 3.8) is 0 Å². The maximum atomic E-state index is 6.18. The SMILES string of the molecule is CC1CN(C(C)CC2CN(C(C)C)CC(C)O2)CC(C)O1. The molecule has 0 aliphatic carbocycles. The van der Waals surface area contributed by atoms with Crippen LogP contribution in [0.2, 0.25) is 0 Å². The summed E-state index contributed by atoms with van der Waals surface area (Å²) >= 11 is 0. The molecule has 5 unspecified atom stereocenters. The Bertz CT molecular complexity index is 314. The van der Waals surface area contributed by atoms with Crippen LogP contribution in [-0.2, 0) is 9.47 Å². The fraction of sp³-hybridized carbons (Fsp3) is 1.00. The van der Waals surface area contributed by atoms with Gasteiger partial charge in [0.2, 0.25) is 0 Å². The molecule has 0 radical (unpaired) electrons. The molecule has 0 saturated carbocycles. The molecule has 124 valence electrons. The normalized spacial score (nSPS) is 37.9. The Kier molecular flexibility index (Phi) is 6.06. The summed E-state index contributed by atoms with van der Waals surface area (Å²) in [7, 11) is 0. The summed E-state index contributed by atoms with van der Waals surface area (Å²) in [5, 5.41) is 0. The molecule has 0 amide bonds. The van der Waals surface area contributed by atoms with Crippen LogP contribution >= 0.6 is 0 Å². The van der Waals surface area contributed by atoms with Crippen molar-refractivity contribution in [2.45, 2.75) is 84.5 Å². The molecule has 0 N–H and O–H groups in total. The van der Waals surface area contributed by atoms with Gasteiger partial charge in [-0.15, -0.1) is 0 Å². The van der Waals surface area contributed by atoms with E-state index in [1.165, 1.54) is 0 Å². The first kappa shape index (κ1) is 17.2. The van der Waals surface area contributed by atoms with Crippen molar-refractivity contribution in [1.29, 1.82) is 0 Å². The zero-order valence-corrected chi connectivity index (χ0v) is 14.7. The molecule has 0 aromatic heterocycles. The maximum absolute atomic E-state index is 6.18. The first-order valence-electron chi connectivity index (χ1n) is 8.64. The lowest BCUT2D eigenvalue weighted by Crippen LogP contribution is -2.53. The van der Waals surface area contributed by atoms with Crippen LogP contribution in [0, 0.1) is 0 Å². The van der Waals surface area contributed by atoms with Crippen LogP contribution in [0.3, 0.4) is 0 Å². The Morgan fingerprint density at radius 1 is 0.810 bits per heavy atom. The van der Waals surface area contributed by atoms with Crippen molar-refractivity contribution in [2.75, 3.05) is 26.2 Å². The van der Waals surface area contributed by atoms with E-state index in [9.17, 15) is 0 Å². The average molecular weight is 298 g/mol. The molecule has 0 aromatic carbocycles. The minimum Gasteiger partial charge on any atom is -0.373 e. The van der Waals surface area contributed by atoms with E-state index < -0.39 is 0 Å². The smallest absolute Gasteiger partial charge is 0.0721 e. The lowest BCUT2D eigenvalue weighted by atomic mass is 10.0. The summed E-state index contributed by atoms with van der Waals surface area (Å²) < 4.78 is 12.0. The van der Waals surface area contributed by atoms with Gasteiger partial charge in [0.25, 0.3) is 0 Å². The van der Waals surface area contributed by atoms with Crippen molar-refractivity contribution in [3.8, 4) is 0 Å². The van der Waals surface area contributed by atoms with Gasteiger partial charge in [0.05, 0.1) is 24.4 Å². The molecular formula is C17H34N2O2. The summed E-state index contributed by atoms with van der Waals surface area (Å²) in [6.07, 6.45) is 2.51. The van der Waals surface area contributed by atoms with Crippen LogP contribution in [-0.4, -0.2) is 72.5 Å². The Morgan fingerprint density at radius 2 is 1.33 bits per heavy atom. The molecule has 2 fully saturated rings. The molecule has 0 spiro atoms. The number of morpholine rings is 2. The van der Waals surface area contributed by atoms with Crippen LogP contribution < -0.4 is 0 Å². The number of nitrogens with zero attached hydrogens (tertiary/aromatic N) is 2. The summed E-state index contributed by atoms with van der Waals surface area (Å²) in [4.78, 5) is 5.12. The molecule has 2 saturated heterocycles. The number of hydrogen-bond acceptors (Lipinski definition) is 4. The molecule has 2 rings (SSSR count). The van der Waals surface area contributed by atoms with Crippen molar-refractivity contribution in [3.05, 3.63) is 0 Å². The van der Waals surface area contributed by atoms with Crippen molar-refractivity contribution in [1.82, 2.24) is 9.80 Å². The lowest BCUT2D eigenvalue weighted by Gasteiger charge is -2.43. The Hall–Kier alpha value is -0.160. The number of hydrogen-bond donors (Lipinski definition) is 0. The van der Waals surface area contributed by atoms with E-state index in [0.717, 1.165) is 32.6 Å². The first-order valence-corrected chi connectivity index (χ1v) is 8.64. The third kappa shape index (κ3) is 4.92. The predicted octanol–water partition coefficient (Wildman–Crippen LogP) is 2.37. The van der Waals surface area contributed by atoms with E-state index >= 15 is 0 Å². The molecule has 4 heteroatoms. The second kappa shape index (κ2) is 7.40. The molecule has 21 heavy (non-hydrogen) atoms. The standard InChI is InChI=1S/C17H34N2O2/c1-12(2)18-8-16(6)21-17(11-18)7-13(3)19-9-14(4)20-15(5)10-19/h12-17H,7-11H2,1-6H3. The topological polar surface area (TPSA) is 24.9 Å². The van der Waals surface area contributed by atoms with Gasteiger partial charge in [0, 0.05) is 38.3 Å². The first-order chi connectivity index (χ1) is 9.85. The van der Waals surface area contributed by atoms with Gasteiger partial charge in [-0.25, -0.2) is 0 Å². The second-order valence-corrected chi connectivity index (χ2v) is 7.41. The predicted molar refractivity (Wildman–Crippen MR) is 86.7 cm³/mol. The molecule has 0 aromatic rings. The van der Waals surface area contributed by atoms with Gasteiger partial charge in [-0.2, -0.15) is 0 Å². The fourth-order valence-electron chi connectivity index (χ4n) is 3.74. The summed E-state index contributed by atoms with van der Waals surface area (Å²) in [5.41, 5.74) is 0. The molecule has 5 atom stereocenters. The molecule has 4 nitrogen and oxygen atoms in total. The molecule has 2 aliphatic heterocycles. The summed E-state index contributed by atoms with van der Waals surface area (Å²) in [5.74, 6) is 0. The quantitative estimate of drug-likeness (QED) is 0.795. The van der Waals surface area contributed by atoms with Crippen LogP contribution in [0.4, 0.5) is 0 Å². The highest BCUT2D eigenvalue weighted by molar-refractivity contribution is 4.84. The molecule has 0 bridgehead atoms. The van der Waals surface area contributed by atoms with E-state index in [-0.39, 0.29) is 0 Å². The highest BCUT2D eigenvalue weighted by Gasteiger charge is 2.31. The van der Waals surface area contributed by atoms with Crippen molar-refractivity contribution >= 4 is 0 Å². The highest BCUT2D eigenvalue weighted by atomic mass is 16.5. The van der Waals surface area contributed by atoms with Crippen molar-refractivity contribution in [2.24, 2.45) is 0 Å². The molecular weight excluding hydrogens is 264 g/mol. The summed E-state index contributed by atoms with van der Waals surface area (Å²) in [6, 6.07) is 1.17. The zero-order valence-electron chi connectivity index (χ0n) is 14.7. The Morgan fingerprint density at radius 3 is 1.90 bits per heavy atom. The number of rotatable bonds is 4. The minimum absolute atomic E-state index is 0.342. The average Bonchev–Trinajstić information content (AvgIpc) is 2.36. The van der Waals surface area contributed by atoms with Gasteiger partial charge in [-0.3, -0.25) is 9.80 Å². The van der Waals surface area contributed by atoms with Crippen LogP contribution in [0.1, 0.15) is 48.0 Å². The van der Waals surface area contributed by atoms with E-state index in [2.05, 4.69) is 51.3 Å². The largest absolute Gasteiger partial charge is 0.373 e. The summed E-state index contributed by atoms with van der Waals surface area (Å²) in [6.45, 7) is 17.7. The fourth-order valence-corrected chi connectivity index (χ4v) is 3.74. The second-order valence-electron chi connectivity index (χ2n) is 7.41. The highest BCUT2D eigenvalue weighted by Crippen LogP contribution is 2.21. The van der Waals surface area contributed by atoms with E-state index in [1.807, 2.05) is 0 Å². The Labute approximate surface area is 130 Å². The molecule has 2 heterocycles. The number of ether oxygens (including phenoxy) is 2. The zero-order chi connectivity index (χ0) is 15.6. The van der Waals surface area contributed by atoms with Gasteiger partial charge in [-0.05, 0) is 48.0 Å². The van der Waals surface area contributed by atoms with Crippen LogP contribution in [0.25, 0.3) is 0 Å². The van der Waals surface area contributed by atoms with E-state index in [1.54, 1.807) is 0 Å². The van der Waals surface area contributed by atoms with Crippen molar-refractivity contribution < 1.29 is 9.47 Å². The van der Waals surface area contributed by atoms with E-state index in [0.29, 0.717) is 36.5 Å². The maximum Gasteiger partial charge on any atom is 0.0721 e. The Balaban J connectivity index is 1.87. The van der Waals surface area contributed by atoms with E-state index in [4.69, 9.17) is 9.47 Å². The third-order valence-electron chi connectivity index (χ3n) is 4.76. The molecule has 2 aliphatic rings. The van der Waals surface area contributed by atoms with Gasteiger partial charge < -0.3 is 9.47 Å². The monoisotopic (exact) mass is 298 g/mol. The third-order valence-corrected chi connectivity index (χ3v) is 4.76. The van der Waals surface area contributed by atoms with Crippen LogP contribution in [0.15, 0.2) is 0 Å².